The highest BCUT2D eigenvalue weighted by atomic mass is 16.2. The van der Waals surface area contributed by atoms with Gasteiger partial charge in [0.05, 0.1) is 0 Å². The molecule has 0 radical (unpaired) electrons. The predicted molar refractivity (Wildman–Crippen MR) is 123 cm³/mol. The first kappa shape index (κ1) is 21.0. The summed E-state index contributed by atoms with van der Waals surface area (Å²) in [7, 11) is 0. The van der Waals surface area contributed by atoms with Gasteiger partial charge in [-0.3, -0.25) is 4.79 Å². The van der Waals surface area contributed by atoms with Gasteiger partial charge in [-0.2, -0.15) is 5.10 Å². The highest BCUT2D eigenvalue weighted by molar-refractivity contribution is 5.93. The van der Waals surface area contributed by atoms with Gasteiger partial charge < -0.3 is 4.90 Å². The zero-order valence-electron chi connectivity index (χ0n) is 19.0. The van der Waals surface area contributed by atoms with Crippen molar-refractivity contribution in [2.75, 3.05) is 13.1 Å². The number of amides is 1. The number of hydrogen-bond donors (Lipinski definition) is 0. The molecule has 5 rings (SSSR count). The minimum Gasteiger partial charge on any atom is -0.337 e. The molecule has 31 heavy (non-hydrogen) atoms. The van der Waals surface area contributed by atoms with Gasteiger partial charge >= 0.3 is 0 Å². The Morgan fingerprint density at radius 2 is 1.48 bits per heavy atom. The Kier molecular flexibility index (Phi) is 6.56. The first-order valence-electron chi connectivity index (χ1n) is 13.0. The number of rotatable bonds is 4. The summed E-state index contributed by atoms with van der Waals surface area (Å²) in [6.45, 7) is 1.73. The van der Waals surface area contributed by atoms with Crippen LogP contribution in [0.25, 0.3) is 5.65 Å². The molecule has 1 aliphatic heterocycles. The fourth-order valence-electron chi connectivity index (χ4n) is 6.07. The second kappa shape index (κ2) is 9.70. The lowest BCUT2D eigenvalue weighted by Crippen LogP contribution is -2.32. The van der Waals surface area contributed by atoms with Crippen molar-refractivity contribution in [3.8, 4) is 0 Å². The van der Waals surface area contributed by atoms with Crippen molar-refractivity contribution in [2.24, 2.45) is 5.92 Å². The summed E-state index contributed by atoms with van der Waals surface area (Å²) < 4.78 is 2.02. The molecule has 168 valence electrons. The molecule has 0 bridgehead atoms. The monoisotopic (exact) mass is 422 g/mol. The summed E-state index contributed by atoms with van der Waals surface area (Å²) in [5.41, 5.74) is 3.98. The largest absolute Gasteiger partial charge is 0.337 e. The third-order valence-corrected chi connectivity index (χ3v) is 7.87. The lowest BCUT2D eigenvalue weighted by Gasteiger charge is -2.24. The van der Waals surface area contributed by atoms with Crippen LogP contribution in [0.1, 0.15) is 118 Å². The molecule has 2 aliphatic carbocycles. The van der Waals surface area contributed by atoms with E-state index < -0.39 is 0 Å². The lowest BCUT2D eigenvalue weighted by atomic mass is 9.84. The zero-order chi connectivity index (χ0) is 21.0. The predicted octanol–water partition coefficient (Wildman–Crippen LogP) is 5.92. The van der Waals surface area contributed by atoms with Crippen LogP contribution in [0, 0.1) is 5.92 Å². The van der Waals surface area contributed by atoms with E-state index in [0.717, 1.165) is 43.9 Å². The standard InChI is InChI=1S/C26H38N4O/c31-26(29-15-9-1-2-10-16-29)23-19-25-27-22(17-20-11-5-3-6-12-20)18-24(30(25)28-23)21-13-7-4-8-14-21/h18-21H,1-17H2. The molecule has 1 saturated heterocycles. The fraction of sp³-hybridized carbons (Fsp3) is 0.731. The molecule has 0 aromatic carbocycles. The Hall–Kier alpha value is -1.91. The summed E-state index contributed by atoms with van der Waals surface area (Å²) in [4.78, 5) is 20.3. The van der Waals surface area contributed by atoms with Crippen LogP contribution in [0.2, 0.25) is 0 Å². The maximum Gasteiger partial charge on any atom is 0.274 e. The molecule has 0 N–H and O–H groups in total. The van der Waals surface area contributed by atoms with Crippen molar-refractivity contribution in [1.29, 1.82) is 0 Å². The zero-order valence-corrected chi connectivity index (χ0v) is 19.0. The molecular weight excluding hydrogens is 384 g/mol. The molecule has 3 aliphatic rings. The molecule has 2 saturated carbocycles. The molecular formula is C26H38N4O. The summed E-state index contributed by atoms with van der Waals surface area (Å²) in [5.74, 6) is 1.41. The van der Waals surface area contributed by atoms with E-state index in [2.05, 4.69) is 6.07 Å². The molecule has 0 unspecified atom stereocenters. The first-order chi connectivity index (χ1) is 15.3. The Balaban J connectivity index is 1.47. The summed E-state index contributed by atoms with van der Waals surface area (Å²) in [6.07, 6.45) is 19.0. The van der Waals surface area contributed by atoms with Crippen molar-refractivity contribution < 1.29 is 4.79 Å². The first-order valence-corrected chi connectivity index (χ1v) is 13.0. The molecule has 5 nitrogen and oxygen atoms in total. The number of carbonyl (C=O) groups excluding carboxylic acids is 1. The number of fused-ring (bicyclic) bond motifs is 1. The SMILES string of the molecule is O=C(c1cc2nc(CC3CCCCC3)cc(C3CCCCC3)n2n1)N1CCCCCC1. The van der Waals surface area contributed by atoms with E-state index in [1.807, 2.05) is 15.5 Å². The van der Waals surface area contributed by atoms with Gasteiger partial charge in [0.25, 0.3) is 5.91 Å². The molecule has 3 heterocycles. The molecule has 2 aromatic heterocycles. The maximum absolute atomic E-state index is 13.2. The van der Waals surface area contributed by atoms with Crippen LogP contribution in [0.5, 0.6) is 0 Å². The topological polar surface area (TPSA) is 50.5 Å². The van der Waals surface area contributed by atoms with Crippen molar-refractivity contribution in [1.82, 2.24) is 19.5 Å². The van der Waals surface area contributed by atoms with Gasteiger partial charge in [0.15, 0.2) is 11.3 Å². The average Bonchev–Trinajstić information content (AvgIpc) is 3.05. The number of likely N-dealkylation sites (tertiary alicyclic amines) is 1. The van der Waals surface area contributed by atoms with Gasteiger partial charge in [-0.25, -0.2) is 9.50 Å². The van der Waals surface area contributed by atoms with E-state index >= 15 is 0 Å². The van der Waals surface area contributed by atoms with Gasteiger partial charge in [-0.1, -0.05) is 64.2 Å². The van der Waals surface area contributed by atoms with E-state index in [-0.39, 0.29) is 5.91 Å². The Morgan fingerprint density at radius 3 is 2.19 bits per heavy atom. The van der Waals surface area contributed by atoms with Gasteiger partial charge in [0.2, 0.25) is 0 Å². The van der Waals surface area contributed by atoms with Crippen molar-refractivity contribution in [3.05, 3.63) is 29.2 Å². The third-order valence-electron chi connectivity index (χ3n) is 7.87. The van der Waals surface area contributed by atoms with Crippen LogP contribution in [0.3, 0.4) is 0 Å². The molecule has 2 aromatic rings. The number of hydrogen-bond acceptors (Lipinski definition) is 3. The maximum atomic E-state index is 13.2. The second-order valence-electron chi connectivity index (χ2n) is 10.2. The molecule has 3 fully saturated rings. The van der Waals surface area contributed by atoms with Crippen LogP contribution in [-0.2, 0) is 6.42 Å². The van der Waals surface area contributed by atoms with E-state index in [9.17, 15) is 4.79 Å². The van der Waals surface area contributed by atoms with E-state index in [1.165, 1.54) is 88.4 Å². The second-order valence-corrected chi connectivity index (χ2v) is 10.2. The summed E-state index contributed by atoms with van der Waals surface area (Å²) in [6, 6.07) is 4.30. The average molecular weight is 423 g/mol. The number of nitrogens with zero attached hydrogens (tertiary/aromatic N) is 4. The van der Waals surface area contributed by atoms with Crippen LogP contribution in [-0.4, -0.2) is 38.5 Å². The van der Waals surface area contributed by atoms with Gasteiger partial charge in [-0.05, 0) is 44.1 Å². The van der Waals surface area contributed by atoms with E-state index in [0.29, 0.717) is 11.6 Å². The van der Waals surface area contributed by atoms with Crippen molar-refractivity contribution in [2.45, 2.75) is 102 Å². The third kappa shape index (κ3) is 4.80. The number of carbonyl (C=O) groups is 1. The Labute approximate surface area is 186 Å². The molecule has 5 heteroatoms. The lowest BCUT2D eigenvalue weighted by molar-refractivity contribution is 0.0755. The minimum absolute atomic E-state index is 0.0934. The Bertz CT molecular complexity index is 884. The Morgan fingerprint density at radius 1 is 0.839 bits per heavy atom. The van der Waals surface area contributed by atoms with Gasteiger partial charge in [0.1, 0.15) is 0 Å². The quantitative estimate of drug-likeness (QED) is 0.615. The minimum atomic E-state index is 0.0934. The highest BCUT2D eigenvalue weighted by Gasteiger charge is 2.25. The van der Waals surface area contributed by atoms with Gasteiger partial charge in [-0.15, -0.1) is 0 Å². The van der Waals surface area contributed by atoms with Crippen LogP contribution in [0.15, 0.2) is 12.1 Å². The summed E-state index contributed by atoms with van der Waals surface area (Å²) >= 11 is 0. The fourth-order valence-corrected chi connectivity index (χ4v) is 6.07. The summed E-state index contributed by atoms with van der Waals surface area (Å²) in [5, 5.41) is 4.84. The van der Waals surface area contributed by atoms with Crippen molar-refractivity contribution in [3.63, 3.8) is 0 Å². The molecule has 0 spiro atoms. The normalized spacial score (nSPS) is 22.0. The van der Waals surface area contributed by atoms with Gasteiger partial charge in [0, 0.05) is 36.5 Å². The smallest absolute Gasteiger partial charge is 0.274 e. The highest BCUT2D eigenvalue weighted by Crippen LogP contribution is 2.34. The van der Waals surface area contributed by atoms with Crippen LogP contribution in [0.4, 0.5) is 0 Å². The van der Waals surface area contributed by atoms with Crippen LogP contribution >= 0.6 is 0 Å². The van der Waals surface area contributed by atoms with Crippen molar-refractivity contribution >= 4 is 11.6 Å². The van der Waals surface area contributed by atoms with Crippen LogP contribution < -0.4 is 0 Å². The molecule has 0 atom stereocenters. The molecule has 1 amide bonds. The number of aromatic nitrogens is 3. The van der Waals surface area contributed by atoms with E-state index in [1.54, 1.807) is 0 Å². The van der Waals surface area contributed by atoms with E-state index in [4.69, 9.17) is 10.1 Å².